The number of nitrogens with one attached hydrogen (secondary N) is 1. The number of benzene rings is 1. The minimum atomic E-state index is -0.230. The van der Waals surface area contributed by atoms with Crippen LogP contribution in [0.1, 0.15) is 49.5 Å². The summed E-state index contributed by atoms with van der Waals surface area (Å²) in [7, 11) is 0. The van der Waals surface area contributed by atoms with Crippen LogP contribution < -0.4 is 5.32 Å². The van der Waals surface area contributed by atoms with Gasteiger partial charge in [0.25, 0.3) is 0 Å². The molecule has 1 saturated heterocycles. The summed E-state index contributed by atoms with van der Waals surface area (Å²) >= 11 is 1.73. The Kier molecular flexibility index (Phi) is 3.77. The van der Waals surface area contributed by atoms with Crippen LogP contribution in [0.5, 0.6) is 0 Å². The number of nitrogens with zero attached hydrogens (tertiary/aromatic N) is 1. The molecule has 4 saturated carbocycles. The van der Waals surface area contributed by atoms with Crippen molar-refractivity contribution in [3.8, 4) is 0 Å². The molecule has 5 aliphatic rings. The Labute approximate surface area is 152 Å². The third-order valence-electron chi connectivity index (χ3n) is 6.70. The van der Waals surface area contributed by atoms with E-state index >= 15 is 0 Å². The Balaban J connectivity index is 1.34. The molecule has 6 rings (SSSR count). The highest BCUT2D eigenvalue weighted by atomic mass is 32.2. The smallest absolute Gasteiger partial charge is 0.319 e. The van der Waals surface area contributed by atoms with Gasteiger partial charge in [-0.1, -0.05) is 12.1 Å². The first-order valence-electron chi connectivity index (χ1n) is 9.56. The zero-order valence-electron chi connectivity index (χ0n) is 14.4. The molecule has 1 aliphatic heterocycles. The minimum Gasteiger partial charge on any atom is -0.332 e. The van der Waals surface area contributed by atoms with Gasteiger partial charge in [-0.25, -0.2) is 9.18 Å². The average Bonchev–Trinajstić information content (AvgIpc) is 3.03. The lowest BCUT2D eigenvalue weighted by atomic mass is 9.53. The lowest BCUT2D eigenvalue weighted by molar-refractivity contribution is -0.0156. The zero-order chi connectivity index (χ0) is 17.0. The lowest BCUT2D eigenvalue weighted by Gasteiger charge is -2.57. The number of carbonyl (C=O) groups is 1. The molecule has 0 radical (unpaired) electrons. The number of urea groups is 1. The molecule has 25 heavy (non-hydrogen) atoms. The van der Waals surface area contributed by atoms with E-state index in [1.54, 1.807) is 23.9 Å². The summed E-state index contributed by atoms with van der Waals surface area (Å²) in [4.78, 5) is 15.0. The Bertz CT molecular complexity index is 659. The first-order valence-corrected chi connectivity index (χ1v) is 10.6. The average molecular weight is 360 g/mol. The van der Waals surface area contributed by atoms with E-state index < -0.39 is 0 Å². The van der Waals surface area contributed by atoms with Crippen molar-refractivity contribution in [2.75, 3.05) is 12.3 Å². The van der Waals surface area contributed by atoms with Gasteiger partial charge in [0, 0.05) is 17.8 Å². The molecule has 3 nitrogen and oxygen atoms in total. The van der Waals surface area contributed by atoms with E-state index in [0.29, 0.717) is 0 Å². The number of rotatable bonds is 2. The van der Waals surface area contributed by atoms with Gasteiger partial charge in [-0.3, -0.25) is 0 Å². The van der Waals surface area contributed by atoms with Gasteiger partial charge in [-0.2, -0.15) is 0 Å². The standard InChI is InChI=1S/C20H25FN2OS/c21-17-3-1-2-16(9-17)18-23(4-5-25-18)19(24)22-20-10-13-6-14(11-20)8-15(7-13)12-20/h1-3,9,13-15,18H,4-8,10-12H2,(H,22,24)/t13?,14?,15?,18-,20?/m1/s1. The van der Waals surface area contributed by atoms with Gasteiger partial charge < -0.3 is 10.2 Å². The molecule has 1 aromatic carbocycles. The van der Waals surface area contributed by atoms with Crippen LogP contribution in [0.4, 0.5) is 9.18 Å². The van der Waals surface area contributed by atoms with Crippen LogP contribution >= 0.6 is 11.8 Å². The Morgan fingerprint density at radius 1 is 1.16 bits per heavy atom. The van der Waals surface area contributed by atoms with Crippen molar-refractivity contribution >= 4 is 17.8 Å². The summed E-state index contributed by atoms with van der Waals surface area (Å²) in [5, 5.41) is 3.40. The molecular formula is C20H25FN2OS. The van der Waals surface area contributed by atoms with Crippen LogP contribution in [0.15, 0.2) is 24.3 Å². The van der Waals surface area contributed by atoms with Crippen molar-refractivity contribution in [3.63, 3.8) is 0 Å². The predicted molar refractivity (Wildman–Crippen MR) is 97.7 cm³/mol. The quantitative estimate of drug-likeness (QED) is 0.839. The number of thioether (sulfide) groups is 1. The fourth-order valence-corrected chi connectivity index (χ4v) is 7.42. The summed E-state index contributed by atoms with van der Waals surface area (Å²) in [6.45, 7) is 0.740. The Morgan fingerprint density at radius 3 is 2.48 bits per heavy atom. The fraction of sp³-hybridized carbons (Fsp3) is 0.650. The second-order valence-electron chi connectivity index (χ2n) is 8.60. The monoisotopic (exact) mass is 360 g/mol. The van der Waals surface area contributed by atoms with Gasteiger partial charge in [0.15, 0.2) is 0 Å². The lowest BCUT2D eigenvalue weighted by Crippen LogP contribution is -2.61. The Hall–Kier alpha value is -1.23. The van der Waals surface area contributed by atoms with Crippen LogP contribution in [0.3, 0.4) is 0 Å². The second-order valence-corrected chi connectivity index (χ2v) is 9.79. The SMILES string of the molecule is O=C(NC12CC3CC(CC(C3)C1)C2)N1CCS[C@@H]1c1cccc(F)c1. The summed E-state index contributed by atoms with van der Waals surface area (Å²) in [5.41, 5.74) is 0.925. The molecule has 2 amide bonds. The molecule has 0 unspecified atom stereocenters. The second kappa shape index (κ2) is 5.90. The van der Waals surface area contributed by atoms with E-state index in [9.17, 15) is 9.18 Å². The molecule has 1 atom stereocenters. The van der Waals surface area contributed by atoms with E-state index in [1.165, 1.54) is 25.3 Å². The highest BCUT2D eigenvalue weighted by Gasteiger charge is 2.52. The van der Waals surface area contributed by atoms with Crippen molar-refractivity contribution < 1.29 is 9.18 Å². The number of hydrogen-bond acceptors (Lipinski definition) is 2. The van der Waals surface area contributed by atoms with Gasteiger partial charge in [-0.05, 0) is 74.0 Å². The van der Waals surface area contributed by atoms with Crippen molar-refractivity contribution in [2.45, 2.75) is 49.4 Å². The maximum atomic E-state index is 13.6. The first kappa shape index (κ1) is 16.0. The van der Waals surface area contributed by atoms with Gasteiger partial charge in [0.1, 0.15) is 11.2 Å². The molecular weight excluding hydrogens is 335 g/mol. The highest BCUT2D eigenvalue weighted by molar-refractivity contribution is 7.99. The maximum Gasteiger partial charge on any atom is 0.319 e. The van der Waals surface area contributed by atoms with Gasteiger partial charge in [0.2, 0.25) is 0 Å². The van der Waals surface area contributed by atoms with Gasteiger partial charge in [0.05, 0.1) is 0 Å². The van der Waals surface area contributed by atoms with Crippen LogP contribution in [0, 0.1) is 23.6 Å². The van der Waals surface area contributed by atoms with Crippen LogP contribution in [0.2, 0.25) is 0 Å². The van der Waals surface area contributed by atoms with Crippen LogP contribution in [-0.4, -0.2) is 28.8 Å². The maximum absolute atomic E-state index is 13.6. The molecule has 1 aromatic rings. The molecule has 134 valence electrons. The van der Waals surface area contributed by atoms with Gasteiger partial charge in [-0.15, -0.1) is 11.8 Å². The minimum absolute atomic E-state index is 0.0333. The zero-order valence-corrected chi connectivity index (χ0v) is 15.2. The summed E-state index contributed by atoms with van der Waals surface area (Å²) in [6, 6.07) is 6.74. The molecule has 1 heterocycles. The molecule has 4 bridgehead atoms. The van der Waals surface area contributed by atoms with Crippen LogP contribution in [0.25, 0.3) is 0 Å². The summed E-state index contributed by atoms with van der Waals surface area (Å²) in [5.74, 6) is 3.14. The fourth-order valence-electron chi connectivity index (χ4n) is 6.18. The molecule has 1 N–H and O–H groups in total. The van der Waals surface area contributed by atoms with E-state index in [0.717, 1.165) is 54.9 Å². The van der Waals surface area contributed by atoms with E-state index in [1.807, 2.05) is 11.0 Å². The van der Waals surface area contributed by atoms with Crippen molar-refractivity contribution in [1.82, 2.24) is 10.2 Å². The van der Waals surface area contributed by atoms with Crippen molar-refractivity contribution in [3.05, 3.63) is 35.6 Å². The molecule has 5 heteroatoms. The van der Waals surface area contributed by atoms with Crippen molar-refractivity contribution in [1.29, 1.82) is 0 Å². The van der Waals surface area contributed by atoms with E-state index in [4.69, 9.17) is 0 Å². The topological polar surface area (TPSA) is 32.3 Å². The number of halogens is 1. The molecule has 0 aromatic heterocycles. The van der Waals surface area contributed by atoms with E-state index in [-0.39, 0.29) is 22.8 Å². The predicted octanol–water partition coefficient (Wildman–Crippen LogP) is 4.55. The molecule has 0 spiro atoms. The summed E-state index contributed by atoms with van der Waals surface area (Å²) < 4.78 is 13.6. The molecule has 5 fully saturated rings. The molecule has 4 aliphatic carbocycles. The normalized spacial score (nSPS) is 39.0. The van der Waals surface area contributed by atoms with Gasteiger partial charge >= 0.3 is 6.03 Å². The largest absolute Gasteiger partial charge is 0.332 e. The number of amides is 2. The third kappa shape index (κ3) is 2.84. The van der Waals surface area contributed by atoms with Crippen molar-refractivity contribution in [2.24, 2.45) is 17.8 Å². The highest BCUT2D eigenvalue weighted by Crippen LogP contribution is 2.55. The number of hydrogen-bond donors (Lipinski definition) is 1. The van der Waals surface area contributed by atoms with Crippen LogP contribution in [-0.2, 0) is 0 Å². The van der Waals surface area contributed by atoms with E-state index in [2.05, 4.69) is 5.32 Å². The first-order chi connectivity index (χ1) is 12.1. The third-order valence-corrected chi connectivity index (χ3v) is 7.96. The summed E-state index contributed by atoms with van der Waals surface area (Å²) in [6.07, 6.45) is 7.62. The Morgan fingerprint density at radius 2 is 1.84 bits per heavy atom. The number of carbonyl (C=O) groups excluding carboxylic acids is 1.